The molecule has 0 saturated carbocycles. The van der Waals surface area contributed by atoms with Crippen LogP contribution in [0.25, 0.3) is 26.0 Å². The smallest absolute Gasteiger partial charge is 0.330 e. The molecule has 2 heterocycles. The number of anilines is 2. The molecule has 28 heavy (non-hydrogen) atoms. The predicted octanol–water partition coefficient (Wildman–Crippen LogP) is 4.56. The number of methoxy groups -OCH3 is 3. The van der Waals surface area contributed by atoms with Gasteiger partial charge in [0.15, 0.2) is 17.0 Å². The fourth-order valence-electron chi connectivity index (χ4n) is 2.95. The largest absolute Gasteiger partial charge is 0.493 e. The van der Waals surface area contributed by atoms with Crippen molar-refractivity contribution in [2.45, 2.75) is 0 Å². The van der Waals surface area contributed by atoms with E-state index in [2.05, 4.69) is 25.1 Å². The Bertz CT molecular complexity index is 1210. The van der Waals surface area contributed by atoms with Crippen molar-refractivity contribution >= 4 is 49.1 Å². The van der Waals surface area contributed by atoms with Gasteiger partial charge >= 0.3 is 5.13 Å². The molecular formula is C19H15N5O3S. The zero-order valence-electron chi connectivity index (χ0n) is 15.3. The van der Waals surface area contributed by atoms with Gasteiger partial charge in [0.05, 0.1) is 36.9 Å². The highest BCUT2D eigenvalue weighted by atomic mass is 32.1. The van der Waals surface area contributed by atoms with Crippen LogP contribution in [0.4, 0.5) is 16.6 Å². The van der Waals surface area contributed by atoms with E-state index in [-0.39, 0.29) is 0 Å². The van der Waals surface area contributed by atoms with Gasteiger partial charge in [0.1, 0.15) is 12.1 Å². The van der Waals surface area contributed by atoms with E-state index in [4.69, 9.17) is 20.8 Å². The minimum atomic E-state index is 0.380. The number of thiazole rings is 1. The number of hydrogen-bond acceptors (Lipinski definition) is 8. The third-order valence-electron chi connectivity index (χ3n) is 4.17. The maximum atomic E-state index is 7.23. The fraction of sp³-hybridized carbons (Fsp3) is 0.158. The molecule has 0 radical (unpaired) electrons. The average Bonchev–Trinajstić information content (AvgIpc) is 3.16. The number of fused-ring (bicyclic) bond motifs is 3. The predicted molar refractivity (Wildman–Crippen MR) is 108 cm³/mol. The zero-order chi connectivity index (χ0) is 19.7. The van der Waals surface area contributed by atoms with Crippen LogP contribution < -0.4 is 19.5 Å². The van der Waals surface area contributed by atoms with Gasteiger partial charge in [-0.15, -0.1) is 16.3 Å². The van der Waals surface area contributed by atoms with E-state index < -0.39 is 0 Å². The molecule has 2 aromatic heterocycles. The van der Waals surface area contributed by atoms with Crippen molar-refractivity contribution in [2.75, 3.05) is 26.6 Å². The van der Waals surface area contributed by atoms with Crippen LogP contribution >= 0.6 is 11.3 Å². The zero-order valence-corrected chi connectivity index (χ0v) is 16.1. The maximum absolute atomic E-state index is 7.23. The Labute approximate surface area is 164 Å². The summed E-state index contributed by atoms with van der Waals surface area (Å²) < 4.78 is 17.1. The second kappa shape index (κ2) is 7.17. The molecule has 4 rings (SSSR count). The maximum Gasteiger partial charge on any atom is 0.330 e. The number of nitrogens with one attached hydrogen (secondary N) is 1. The van der Waals surface area contributed by atoms with Gasteiger partial charge < -0.3 is 24.4 Å². The number of benzene rings is 2. The normalized spacial score (nSPS) is 10.6. The number of nitrogens with zero attached hydrogens (tertiary/aromatic N) is 4. The molecule has 9 heteroatoms. The highest BCUT2D eigenvalue weighted by Gasteiger charge is 2.17. The lowest BCUT2D eigenvalue weighted by Crippen LogP contribution is -2.00. The summed E-state index contributed by atoms with van der Waals surface area (Å²) in [7, 11) is 4.68. The first-order chi connectivity index (χ1) is 13.7. The molecule has 0 aliphatic carbocycles. The molecule has 140 valence electrons. The molecule has 0 unspecified atom stereocenters. The van der Waals surface area contributed by atoms with Crippen molar-refractivity contribution in [3.63, 3.8) is 0 Å². The summed E-state index contributed by atoms with van der Waals surface area (Å²) in [5.41, 5.74) is 2.21. The second-order valence-corrected chi connectivity index (χ2v) is 6.65. The molecule has 0 spiro atoms. The molecule has 0 aliphatic rings. The van der Waals surface area contributed by atoms with Crippen molar-refractivity contribution in [1.29, 1.82) is 0 Å². The quantitative estimate of drug-likeness (QED) is 0.498. The summed E-state index contributed by atoms with van der Waals surface area (Å²) in [5.74, 6) is 2.17. The van der Waals surface area contributed by atoms with E-state index in [1.807, 2.05) is 12.1 Å². The van der Waals surface area contributed by atoms with E-state index in [0.29, 0.717) is 33.9 Å². The number of ether oxygens (including phenoxy) is 3. The molecule has 0 fully saturated rings. The Hall–Kier alpha value is -3.64. The number of rotatable bonds is 5. The van der Waals surface area contributed by atoms with Crippen molar-refractivity contribution in [2.24, 2.45) is 0 Å². The summed E-state index contributed by atoms with van der Waals surface area (Å²) in [6.07, 6.45) is 1.49. The van der Waals surface area contributed by atoms with E-state index in [1.165, 1.54) is 17.7 Å². The second-order valence-electron chi connectivity index (χ2n) is 5.68. The first-order valence-electron chi connectivity index (χ1n) is 8.17. The lowest BCUT2D eigenvalue weighted by atomic mass is 10.2. The Kier molecular flexibility index (Phi) is 4.55. The first kappa shape index (κ1) is 17.8. The van der Waals surface area contributed by atoms with Crippen molar-refractivity contribution < 1.29 is 14.2 Å². The Morgan fingerprint density at radius 2 is 1.71 bits per heavy atom. The highest BCUT2D eigenvalue weighted by molar-refractivity contribution is 7.23. The minimum absolute atomic E-state index is 0.380. The van der Waals surface area contributed by atoms with E-state index in [0.717, 1.165) is 21.1 Å². The Balaban J connectivity index is 1.89. The third kappa shape index (κ3) is 2.90. The molecule has 2 aromatic carbocycles. The van der Waals surface area contributed by atoms with Gasteiger partial charge in [-0.25, -0.2) is 9.97 Å². The van der Waals surface area contributed by atoms with Gasteiger partial charge in [-0.2, -0.15) is 0 Å². The van der Waals surface area contributed by atoms with Crippen LogP contribution in [-0.4, -0.2) is 36.3 Å². The van der Waals surface area contributed by atoms with Gasteiger partial charge in [-0.05, 0) is 12.1 Å². The van der Waals surface area contributed by atoms with Gasteiger partial charge in [-0.1, -0.05) is 6.57 Å². The van der Waals surface area contributed by atoms with Gasteiger partial charge in [-0.3, -0.25) is 0 Å². The van der Waals surface area contributed by atoms with Gasteiger partial charge in [0.2, 0.25) is 5.75 Å². The minimum Gasteiger partial charge on any atom is -0.493 e. The summed E-state index contributed by atoms with van der Waals surface area (Å²) in [5, 5.41) is 4.49. The van der Waals surface area contributed by atoms with E-state index in [9.17, 15) is 0 Å². The fourth-order valence-corrected chi connectivity index (χ4v) is 3.85. The summed E-state index contributed by atoms with van der Waals surface area (Å²) in [4.78, 5) is 16.5. The number of aromatic nitrogens is 3. The molecule has 4 aromatic rings. The van der Waals surface area contributed by atoms with Crippen LogP contribution in [0.15, 0.2) is 30.6 Å². The molecular weight excluding hydrogens is 378 g/mol. The van der Waals surface area contributed by atoms with Crippen molar-refractivity contribution in [1.82, 2.24) is 15.0 Å². The molecule has 0 bridgehead atoms. The first-order valence-corrected chi connectivity index (χ1v) is 8.99. The van der Waals surface area contributed by atoms with Crippen LogP contribution in [0, 0.1) is 6.57 Å². The summed E-state index contributed by atoms with van der Waals surface area (Å²) >= 11 is 1.32. The van der Waals surface area contributed by atoms with Gasteiger partial charge in [0, 0.05) is 17.8 Å². The van der Waals surface area contributed by atoms with Crippen LogP contribution in [0.5, 0.6) is 17.2 Å². The van der Waals surface area contributed by atoms with E-state index in [1.54, 1.807) is 33.5 Å². The Morgan fingerprint density at radius 1 is 1.00 bits per heavy atom. The third-order valence-corrected chi connectivity index (χ3v) is 5.15. The van der Waals surface area contributed by atoms with Crippen LogP contribution in [-0.2, 0) is 0 Å². The van der Waals surface area contributed by atoms with Crippen LogP contribution in [0.2, 0.25) is 0 Å². The monoisotopic (exact) mass is 393 g/mol. The topological polar surface area (TPSA) is 82.8 Å². The standard InChI is InChI=1S/C19H15N5O3S/c1-20-19-24-12-6-5-11-15(17(12)28-19)18(22-9-21-11)23-10-7-13(25-2)16(27-4)14(8-10)26-3/h5-9H,2-4H3,(H,21,22,23). The SMILES string of the molecule is [C-]#[N+]c1nc2ccc3ncnc(Nc4cc(OC)c(OC)c(OC)c4)c3c2s1. The van der Waals surface area contributed by atoms with Gasteiger partial charge in [0.25, 0.3) is 0 Å². The molecule has 0 aliphatic heterocycles. The van der Waals surface area contributed by atoms with Crippen molar-refractivity contribution in [3.05, 3.63) is 42.0 Å². The summed E-state index contributed by atoms with van der Waals surface area (Å²) in [6.45, 7) is 7.23. The molecule has 8 nitrogen and oxygen atoms in total. The lowest BCUT2D eigenvalue weighted by Gasteiger charge is -2.15. The molecule has 0 atom stereocenters. The van der Waals surface area contributed by atoms with Crippen molar-refractivity contribution in [3.8, 4) is 17.2 Å². The lowest BCUT2D eigenvalue weighted by molar-refractivity contribution is 0.324. The Morgan fingerprint density at radius 3 is 2.36 bits per heavy atom. The molecule has 0 saturated heterocycles. The average molecular weight is 393 g/mol. The van der Waals surface area contributed by atoms with Crippen LogP contribution in [0.1, 0.15) is 0 Å². The highest BCUT2D eigenvalue weighted by Crippen LogP contribution is 2.42. The van der Waals surface area contributed by atoms with E-state index >= 15 is 0 Å². The number of hydrogen-bond donors (Lipinski definition) is 1. The summed E-state index contributed by atoms with van der Waals surface area (Å²) in [6, 6.07) is 7.32. The van der Waals surface area contributed by atoms with Crippen LogP contribution in [0.3, 0.4) is 0 Å². The molecule has 0 amide bonds. The molecule has 1 N–H and O–H groups in total.